The summed E-state index contributed by atoms with van der Waals surface area (Å²) in [5.74, 6) is 0. The highest BCUT2D eigenvalue weighted by atomic mass is 32.1. The molecule has 0 amide bonds. The third kappa shape index (κ3) is 3.89. The predicted octanol–water partition coefficient (Wildman–Crippen LogP) is 2.25. The van der Waals surface area contributed by atoms with Crippen LogP contribution in [0.15, 0.2) is 12.3 Å². The van der Waals surface area contributed by atoms with Crippen LogP contribution in [0.5, 0.6) is 0 Å². The lowest BCUT2D eigenvalue weighted by atomic mass is 10.1. The summed E-state index contributed by atoms with van der Waals surface area (Å²) < 4.78 is 0. The van der Waals surface area contributed by atoms with Gasteiger partial charge in [-0.15, -0.1) is 10.2 Å². The van der Waals surface area contributed by atoms with E-state index < -0.39 is 0 Å². The largest absolute Gasteiger partial charge is 0.312 e. The third-order valence-electron chi connectivity index (χ3n) is 2.42. The van der Waals surface area contributed by atoms with Crippen LogP contribution < -0.4 is 5.32 Å². The van der Waals surface area contributed by atoms with Crippen LogP contribution in [0.1, 0.15) is 32.2 Å². The van der Waals surface area contributed by atoms with Crippen LogP contribution in [0, 0.1) is 0 Å². The van der Waals surface area contributed by atoms with Crippen LogP contribution in [-0.2, 0) is 6.42 Å². The molecule has 0 aliphatic carbocycles. The smallest absolute Gasteiger partial charge is 0.165 e. The molecule has 6 heteroatoms. The summed E-state index contributed by atoms with van der Waals surface area (Å²) >= 11 is 1.63. The van der Waals surface area contributed by atoms with Gasteiger partial charge in [-0.2, -0.15) is 5.10 Å². The van der Waals surface area contributed by atoms with Crippen molar-refractivity contribution in [1.82, 2.24) is 25.7 Å². The van der Waals surface area contributed by atoms with Crippen molar-refractivity contribution in [1.29, 1.82) is 0 Å². The van der Waals surface area contributed by atoms with Gasteiger partial charge in [0, 0.05) is 18.2 Å². The molecule has 0 bridgehead atoms. The quantitative estimate of drug-likeness (QED) is 0.814. The van der Waals surface area contributed by atoms with Crippen molar-refractivity contribution in [3.63, 3.8) is 0 Å². The second-order valence-electron chi connectivity index (χ2n) is 5.25. The average Bonchev–Trinajstić information content (AvgIpc) is 2.93. The Labute approximate surface area is 111 Å². The Morgan fingerprint density at radius 1 is 1.33 bits per heavy atom. The maximum atomic E-state index is 4.20. The number of rotatable bonds is 5. The molecule has 2 aromatic heterocycles. The molecule has 0 aromatic carbocycles. The number of aromatic amines is 1. The van der Waals surface area contributed by atoms with E-state index in [1.165, 1.54) is 0 Å². The first kappa shape index (κ1) is 13.2. The molecule has 5 nitrogen and oxygen atoms in total. The minimum atomic E-state index is 0.183. The molecule has 2 heterocycles. The summed E-state index contributed by atoms with van der Waals surface area (Å²) in [5, 5.41) is 20.6. The Kier molecular flexibility index (Phi) is 4.08. The molecule has 2 N–H and O–H groups in total. The van der Waals surface area contributed by atoms with E-state index in [2.05, 4.69) is 46.5 Å². The van der Waals surface area contributed by atoms with Crippen molar-refractivity contribution in [2.45, 2.75) is 39.2 Å². The second kappa shape index (κ2) is 5.58. The summed E-state index contributed by atoms with van der Waals surface area (Å²) in [6.07, 6.45) is 3.77. The maximum absolute atomic E-state index is 4.20. The van der Waals surface area contributed by atoms with Crippen LogP contribution >= 0.6 is 11.3 Å². The van der Waals surface area contributed by atoms with Gasteiger partial charge < -0.3 is 5.32 Å². The molecule has 0 aliphatic rings. The minimum absolute atomic E-state index is 0.183. The summed E-state index contributed by atoms with van der Waals surface area (Å²) in [5.41, 5.74) is 1.12. The van der Waals surface area contributed by atoms with Crippen LogP contribution in [0.3, 0.4) is 0 Å². The standard InChI is InChI=1S/C12H19N5S/c1-12(2,3)13-7-4-5-10-16-17-11(18-10)9-6-8-14-15-9/h6,8,13H,4-5,7H2,1-3H3,(H,14,15). The molecule has 0 saturated heterocycles. The molecule has 0 aliphatic heterocycles. The molecule has 0 unspecified atom stereocenters. The van der Waals surface area contributed by atoms with E-state index in [-0.39, 0.29) is 5.54 Å². The monoisotopic (exact) mass is 265 g/mol. The molecular weight excluding hydrogens is 246 g/mol. The summed E-state index contributed by atoms with van der Waals surface area (Å²) in [4.78, 5) is 0. The van der Waals surface area contributed by atoms with E-state index in [4.69, 9.17) is 0 Å². The van der Waals surface area contributed by atoms with Gasteiger partial charge in [-0.25, -0.2) is 0 Å². The molecule has 0 fully saturated rings. The van der Waals surface area contributed by atoms with Gasteiger partial charge in [0.05, 0.1) is 5.69 Å². The number of aryl methyl sites for hydroxylation is 1. The summed E-state index contributed by atoms with van der Waals surface area (Å²) in [6, 6.07) is 1.91. The van der Waals surface area contributed by atoms with Crippen molar-refractivity contribution < 1.29 is 0 Å². The van der Waals surface area contributed by atoms with Crippen molar-refractivity contribution in [2.24, 2.45) is 0 Å². The molecule has 18 heavy (non-hydrogen) atoms. The SMILES string of the molecule is CC(C)(C)NCCCc1nnc(-c2ccn[nH]2)s1. The molecule has 0 atom stereocenters. The van der Waals surface area contributed by atoms with Gasteiger partial charge in [0.15, 0.2) is 5.01 Å². The lowest BCUT2D eigenvalue weighted by Gasteiger charge is -2.20. The zero-order chi connectivity index (χ0) is 13.0. The van der Waals surface area contributed by atoms with E-state index in [1.807, 2.05) is 6.07 Å². The number of H-pyrrole nitrogens is 1. The minimum Gasteiger partial charge on any atom is -0.312 e. The molecular formula is C12H19N5S. The normalized spacial score (nSPS) is 11.9. The average molecular weight is 265 g/mol. The Hall–Kier alpha value is -1.27. The molecule has 0 radical (unpaired) electrons. The van der Waals surface area contributed by atoms with E-state index in [9.17, 15) is 0 Å². The highest BCUT2D eigenvalue weighted by molar-refractivity contribution is 7.14. The summed E-state index contributed by atoms with van der Waals surface area (Å²) in [6.45, 7) is 7.53. The lowest BCUT2D eigenvalue weighted by Crippen LogP contribution is -2.36. The Morgan fingerprint density at radius 3 is 2.83 bits per heavy atom. The van der Waals surface area contributed by atoms with Gasteiger partial charge in [-0.05, 0) is 39.8 Å². The Bertz CT molecular complexity index is 469. The fourth-order valence-electron chi connectivity index (χ4n) is 1.54. The van der Waals surface area contributed by atoms with E-state index in [0.717, 1.165) is 35.1 Å². The fraction of sp³-hybridized carbons (Fsp3) is 0.583. The van der Waals surface area contributed by atoms with Crippen molar-refractivity contribution in [2.75, 3.05) is 6.54 Å². The Morgan fingerprint density at radius 2 is 2.17 bits per heavy atom. The first-order valence-corrected chi connectivity index (χ1v) is 6.93. The number of hydrogen-bond acceptors (Lipinski definition) is 5. The van der Waals surface area contributed by atoms with Gasteiger partial charge >= 0.3 is 0 Å². The first-order valence-electron chi connectivity index (χ1n) is 6.12. The number of nitrogens with zero attached hydrogens (tertiary/aromatic N) is 3. The van der Waals surface area contributed by atoms with E-state index >= 15 is 0 Å². The maximum Gasteiger partial charge on any atom is 0.165 e. The van der Waals surface area contributed by atoms with Crippen LogP contribution in [0.25, 0.3) is 10.7 Å². The van der Waals surface area contributed by atoms with Gasteiger partial charge in [-0.1, -0.05) is 11.3 Å². The Balaban J connectivity index is 1.81. The lowest BCUT2D eigenvalue weighted by molar-refractivity contribution is 0.422. The summed E-state index contributed by atoms with van der Waals surface area (Å²) in [7, 11) is 0. The predicted molar refractivity (Wildman–Crippen MR) is 73.6 cm³/mol. The fourth-order valence-corrected chi connectivity index (χ4v) is 2.40. The molecule has 98 valence electrons. The second-order valence-corrected chi connectivity index (χ2v) is 6.31. The molecule has 0 spiro atoms. The van der Waals surface area contributed by atoms with Crippen molar-refractivity contribution in [3.05, 3.63) is 17.3 Å². The van der Waals surface area contributed by atoms with Gasteiger partial charge in [0.25, 0.3) is 0 Å². The van der Waals surface area contributed by atoms with Crippen molar-refractivity contribution in [3.8, 4) is 10.7 Å². The molecule has 2 rings (SSSR count). The third-order valence-corrected chi connectivity index (χ3v) is 3.44. The number of hydrogen-bond donors (Lipinski definition) is 2. The van der Waals surface area contributed by atoms with Crippen LogP contribution in [0.2, 0.25) is 0 Å². The van der Waals surface area contributed by atoms with Crippen molar-refractivity contribution >= 4 is 11.3 Å². The highest BCUT2D eigenvalue weighted by Crippen LogP contribution is 2.21. The molecule has 0 saturated carbocycles. The van der Waals surface area contributed by atoms with Crippen LogP contribution in [-0.4, -0.2) is 32.5 Å². The van der Waals surface area contributed by atoms with Crippen LogP contribution in [0.4, 0.5) is 0 Å². The van der Waals surface area contributed by atoms with E-state index in [0.29, 0.717) is 0 Å². The topological polar surface area (TPSA) is 66.5 Å². The zero-order valence-electron chi connectivity index (χ0n) is 11.0. The number of aromatic nitrogens is 4. The van der Waals surface area contributed by atoms with Gasteiger partial charge in [-0.3, -0.25) is 5.10 Å². The zero-order valence-corrected chi connectivity index (χ0v) is 11.8. The highest BCUT2D eigenvalue weighted by Gasteiger charge is 2.09. The molecule has 2 aromatic rings. The van der Waals surface area contributed by atoms with Gasteiger partial charge in [0.1, 0.15) is 5.01 Å². The first-order chi connectivity index (χ1) is 8.54. The van der Waals surface area contributed by atoms with E-state index in [1.54, 1.807) is 17.5 Å². The number of nitrogens with one attached hydrogen (secondary N) is 2. The van der Waals surface area contributed by atoms with Gasteiger partial charge in [0.2, 0.25) is 0 Å².